The van der Waals surface area contributed by atoms with Crippen LogP contribution in [0.1, 0.15) is 43.2 Å². The van der Waals surface area contributed by atoms with E-state index in [0.29, 0.717) is 11.5 Å². The topological polar surface area (TPSA) is 32.3 Å². The van der Waals surface area contributed by atoms with Crippen LogP contribution in [-0.2, 0) is 11.0 Å². The van der Waals surface area contributed by atoms with Crippen molar-refractivity contribution in [1.82, 2.24) is 10.2 Å². The Morgan fingerprint density at radius 2 is 1.96 bits per heavy atom. The van der Waals surface area contributed by atoms with Crippen molar-refractivity contribution in [3.05, 3.63) is 35.4 Å². The van der Waals surface area contributed by atoms with Crippen molar-refractivity contribution in [3.63, 3.8) is 0 Å². The quantitative estimate of drug-likeness (QED) is 0.837. The summed E-state index contributed by atoms with van der Waals surface area (Å²) in [6.45, 7) is 4.24. The Labute approximate surface area is 153 Å². The maximum absolute atomic E-state index is 12.8. The lowest BCUT2D eigenvalue weighted by Crippen LogP contribution is -2.40. The Hall–Kier alpha value is -1.27. The predicted octanol–water partition coefficient (Wildman–Crippen LogP) is 4.08. The number of nitrogens with one attached hydrogen (secondary N) is 1. The number of piperidine rings is 1. The summed E-state index contributed by atoms with van der Waals surface area (Å²) in [4.78, 5) is 14.3. The molecule has 142 valence electrons. The molecule has 1 saturated heterocycles. The van der Waals surface area contributed by atoms with E-state index in [4.69, 9.17) is 0 Å². The Balaban J connectivity index is 0.00000312. The molecular formula is C18H26ClF3N2O. The SMILES string of the molecule is CNCC1CCN(C(=O)CC(C)c2cccc(C(F)(F)F)c2)CC1.Cl. The van der Waals surface area contributed by atoms with Crippen LogP contribution in [0.5, 0.6) is 0 Å². The third-order valence-corrected chi connectivity index (χ3v) is 4.72. The van der Waals surface area contributed by atoms with Crippen molar-refractivity contribution < 1.29 is 18.0 Å². The van der Waals surface area contributed by atoms with Gasteiger partial charge in [-0.25, -0.2) is 0 Å². The zero-order chi connectivity index (χ0) is 17.7. The number of carbonyl (C=O) groups is 1. The van der Waals surface area contributed by atoms with Gasteiger partial charge in [-0.05, 0) is 49.9 Å². The fourth-order valence-corrected chi connectivity index (χ4v) is 3.21. The molecule has 1 aliphatic heterocycles. The summed E-state index contributed by atoms with van der Waals surface area (Å²) in [5.74, 6) is 0.401. The maximum Gasteiger partial charge on any atom is 0.416 e. The monoisotopic (exact) mass is 378 g/mol. The number of hydrogen-bond donors (Lipinski definition) is 1. The summed E-state index contributed by atoms with van der Waals surface area (Å²) in [7, 11) is 1.92. The highest BCUT2D eigenvalue weighted by Gasteiger charge is 2.31. The first kappa shape index (κ1) is 21.8. The van der Waals surface area contributed by atoms with Crippen molar-refractivity contribution in [2.45, 2.75) is 38.3 Å². The zero-order valence-electron chi connectivity index (χ0n) is 14.6. The number of alkyl halides is 3. The predicted molar refractivity (Wildman–Crippen MR) is 95.0 cm³/mol. The van der Waals surface area contributed by atoms with E-state index in [9.17, 15) is 18.0 Å². The first-order chi connectivity index (χ1) is 11.3. The van der Waals surface area contributed by atoms with Gasteiger partial charge in [-0.1, -0.05) is 25.1 Å². The first-order valence-electron chi connectivity index (χ1n) is 8.40. The summed E-state index contributed by atoms with van der Waals surface area (Å²) in [6, 6.07) is 5.27. The summed E-state index contributed by atoms with van der Waals surface area (Å²) < 4.78 is 38.4. The van der Waals surface area contributed by atoms with Gasteiger partial charge in [-0.2, -0.15) is 13.2 Å². The molecule has 0 bridgehead atoms. The number of amides is 1. The third kappa shape index (κ3) is 6.19. The van der Waals surface area contributed by atoms with Crippen LogP contribution >= 0.6 is 12.4 Å². The maximum atomic E-state index is 12.8. The summed E-state index contributed by atoms with van der Waals surface area (Å²) >= 11 is 0. The van der Waals surface area contributed by atoms with Gasteiger partial charge in [0, 0.05) is 19.5 Å². The first-order valence-corrected chi connectivity index (χ1v) is 8.40. The van der Waals surface area contributed by atoms with E-state index in [1.165, 1.54) is 6.07 Å². The van der Waals surface area contributed by atoms with E-state index in [1.807, 2.05) is 11.9 Å². The van der Waals surface area contributed by atoms with Gasteiger partial charge in [0.2, 0.25) is 5.91 Å². The molecule has 0 radical (unpaired) electrons. The molecule has 1 fully saturated rings. The van der Waals surface area contributed by atoms with E-state index in [1.54, 1.807) is 13.0 Å². The molecule has 1 unspecified atom stereocenters. The Kier molecular flexibility index (Phi) is 8.22. The highest BCUT2D eigenvalue weighted by Crippen LogP contribution is 2.32. The molecule has 1 N–H and O–H groups in total. The molecule has 0 spiro atoms. The Morgan fingerprint density at radius 3 is 2.52 bits per heavy atom. The van der Waals surface area contributed by atoms with Gasteiger partial charge in [0.05, 0.1) is 5.56 Å². The van der Waals surface area contributed by atoms with Gasteiger partial charge >= 0.3 is 6.18 Å². The van der Waals surface area contributed by atoms with Crippen LogP contribution in [0.3, 0.4) is 0 Å². The Bertz CT molecular complexity index is 557. The molecule has 1 amide bonds. The normalized spacial score (nSPS) is 17.1. The van der Waals surface area contributed by atoms with Gasteiger partial charge < -0.3 is 10.2 Å². The molecule has 7 heteroatoms. The lowest BCUT2D eigenvalue weighted by atomic mass is 9.93. The van der Waals surface area contributed by atoms with Crippen LogP contribution in [-0.4, -0.2) is 37.5 Å². The molecule has 1 aromatic rings. The number of hydrogen-bond acceptors (Lipinski definition) is 2. The van der Waals surface area contributed by atoms with E-state index >= 15 is 0 Å². The lowest BCUT2D eigenvalue weighted by molar-refractivity contribution is -0.137. The fourth-order valence-electron chi connectivity index (χ4n) is 3.21. The van der Waals surface area contributed by atoms with Crippen molar-refractivity contribution in [2.75, 3.05) is 26.7 Å². The number of halogens is 4. The van der Waals surface area contributed by atoms with Crippen LogP contribution in [0.2, 0.25) is 0 Å². The highest BCUT2D eigenvalue weighted by molar-refractivity contribution is 5.85. The van der Waals surface area contributed by atoms with Crippen LogP contribution in [0.4, 0.5) is 13.2 Å². The summed E-state index contributed by atoms with van der Waals surface area (Å²) in [6.07, 6.45) is -2.15. The van der Waals surface area contributed by atoms with E-state index in [2.05, 4.69) is 5.32 Å². The molecule has 3 nitrogen and oxygen atoms in total. The summed E-state index contributed by atoms with van der Waals surface area (Å²) in [5, 5.41) is 3.16. The molecule has 25 heavy (non-hydrogen) atoms. The minimum Gasteiger partial charge on any atom is -0.343 e. The van der Waals surface area contributed by atoms with Crippen LogP contribution in [0.25, 0.3) is 0 Å². The molecule has 1 atom stereocenters. The lowest BCUT2D eigenvalue weighted by Gasteiger charge is -2.32. The Morgan fingerprint density at radius 1 is 1.32 bits per heavy atom. The second-order valence-electron chi connectivity index (χ2n) is 6.61. The van der Waals surface area contributed by atoms with Crippen molar-refractivity contribution in [2.24, 2.45) is 5.92 Å². The largest absolute Gasteiger partial charge is 0.416 e. The van der Waals surface area contributed by atoms with Crippen LogP contribution in [0, 0.1) is 5.92 Å². The van der Waals surface area contributed by atoms with E-state index < -0.39 is 11.7 Å². The van der Waals surface area contributed by atoms with Gasteiger partial charge in [0.25, 0.3) is 0 Å². The minimum atomic E-state index is -4.35. The van der Waals surface area contributed by atoms with Gasteiger partial charge in [-0.3, -0.25) is 4.79 Å². The number of likely N-dealkylation sites (tertiary alicyclic amines) is 1. The zero-order valence-corrected chi connectivity index (χ0v) is 15.4. The average molecular weight is 379 g/mol. The number of nitrogens with zero attached hydrogens (tertiary/aromatic N) is 1. The molecule has 0 aliphatic carbocycles. The van der Waals surface area contributed by atoms with E-state index in [0.717, 1.165) is 44.6 Å². The fraction of sp³-hybridized carbons (Fsp3) is 0.611. The molecule has 1 heterocycles. The number of benzene rings is 1. The second kappa shape index (κ2) is 9.43. The van der Waals surface area contributed by atoms with Crippen molar-refractivity contribution >= 4 is 18.3 Å². The standard InChI is InChI=1S/C18H25F3N2O.ClH/c1-13(15-4-3-5-16(11-15)18(19,20)21)10-17(24)23-8-6-14(7-9-23)12-22-2;/h3-5,11,13-14,22H,6-10,12H2,1-2H3;1H. The van der Waals surface area contributed by atoms with Gasteiger partial charge in [-0.15, -0.1) is 12.4 Å². The molecule has 0 saturated carbocycles. The average Bonchev–Trinajstić information content (AvgIpc) is 2.55. The van der Waals surface area contributed by atoms with Crippen LogP contribution < -0.4 is 5.32 Å². The van der Waals surface area contributed by atoms with Gasteiger partial charge in [0.15, 0.2) is 0 Å². The number of carbonyl (C=O) groups excluding carboxylic acids is 1. The highest BCUT2D eigenvalue weighted by atomic mass is 35.5. The molecule has 1 aliphatic rings. The minimum absolute atomic E-state index is 0. The molecule has 2 rings (SSSR count). The molecule has 0 aromatic heterocycles. The molecular weight excluding hydrogens is 353 g/mol. The van der Waals surface area contributed by atoms with Crippen LogP contribution in [0.15, 0.2) is 24.3 Å². The van der Waals surface area contributed by atoms with Gasteiger partial charge in [0.1, 0.15) is 0 Å². The summed E-state index contributed by atoms with van der Waals surface area (Å²) in [5.41, 5.74) is -0.101. The third-order valence-electron chi connectivity index (χ3n) is 4.72. The smallest absolute Gasteiger partial charge is 0.343 e. The van der Waals surface area contributed by atoms with E-state index in [-0.39, 0.29) is 30.7 Å². The second-order valence-corrected chi connectivity index (χ2v) is 6.61. The molecule has 1 aromatic carbocycles. The van der Waals surface area contributed by atoms with Crippen molar-refractivity contribution in [3.8, 4) is 0 Å². The number of rotatable bonds is 5. The van der Waals surface area contributed by atoms with Crippen molar-refractivity contribution in [1.29, 1.82) is 0 Å².